The van der Waals surface area contributed by atoms with Crippen LogP contribution in [0.2, 0.25) is 0 Å². The molecule has 0 spiro atoms. The van der Waals surface area contributed by atoms with Crippen molar-refractivity contribution in [1.29, 1.82) is 0 Å². The van der Waals surface area contributed by atoms with E-state index < -0.39 is 0 Å². The molecular weight excluding hydrogens is 364 g/mol. The van der Waals surface area contributed by atoms with Gasteiger partial charge in [-0.3, -0.25) is 9.59 Å². The summed E-state index contributed by atoms with van der Waals surface area (Å²) in [6.07, 6.45) is 13.1. The SMILES string of the molecule is CC(=O)OC[C@H](OC(C)=O)[C@@H]1CC[C@@H]2[C@H]3CC[C@H]4CCCC[C@]4(C)[C@@H]3CC[C@@]21C. The second kappa shape index (κ2) is 7.89. The number of fused-ring (bicyclic) bond motifs is 5. The van der Waals surface area contributed by atoms with Crippen molar-refractivity contribution in [2.24, 2.45) is 40.4 Å². The lowest BCUT2D eigenvalue weighted by Gasteiger charge is -2.60. The summed E-state index contributed by atoms with van der Waals surface area (Å²) in [5.74, 6) is 3.10. The third-order valence-corrected chi connectivity index (χ3v) is 9.87. The Morgan fingerprint density at radius 2 is 1.62 bits per heavy atom. The molecule has 0 amide bonds. The lowest BCUT2D eigenvalue weighted by Crippen LogP contribution is -2.53. The predicted octanol–water partition coefficient (Wildman–Crippen LogP) is 5.53. The Kier molecular flexibility index (Phi) is 5.76. The van der Waals surface area contributed by atoms with Gasteiger partial charge in [0.1, 0.15) is 12.7 Å². The molecule has 4 nitrogen and oxygen atoms in total. The van der Waals surface area contributed by atoms with Gasteiger partial charge in [-0.2, -0.15) is 0 Å². The maximum atomic E-state index is 11.8. The maximum Gasteiger partial charge on any atom is 0.303 e. The Morgan fingerprint density at radius 3 is 2.34 bits per heavy atom. The monoisotopic (exact) mass is 404 g/mol. The number of carbonyl (C=O) groups excluding carboxylic acids is 2. The first-order valence-corrected chi connectivity index (χ1v) is 12.1. The van der Waals surface area contributed by atoms with E-state index in [0.717, 1.165) is 30.1 Å². The summed E-state index contributed by atoms with van der Waals surface area (Å²) in [6, 6.07) is 0. The van der Waals surface area contributed by atoms with Gasteiger partial charge in [0.25, 0.3) is 0 Å². The summed E-state index contributed by atoms with van der Waals surface area (Å²) in [4.78, 5) is 23.2. The molecule has 0 bridgehead atoms. The molecule has 4 aliphatic rings. The molecule has 4 heteroatoms. The molecule has 29 heavy (non-hydrogen) atoms. The van der Waals surface area contributed by atoms with E-state index >= 15 is 0 Å². The Hall–Kier alpha value is -1.06. The van der Waals surface area contributed by atoms with Crippen LogP contribution in [0.1, 0.15) is 91.9 Å². The fourth-order valence-electron chi connectivity index (χ4n) is 8.59. The van der Waals surface area contributed by atoms with E-state index in [1.807, 2.05) is 0 Å². The summed E-state index contributed by atoms with van der Waals surface area (Å²) >= 11 is 0. The maximum absolute atomic E-state index is 11.8. The fraction of sp³-hybridized carbons (Fsp3) is 0.920. The van der Waals surface area contributed by atoms with Crippen LogP contribution in [-0.2, 0) is 19.1 Å². The first kappa shape index (κ1) is 21.2. The lowest BCUT2D eigenvalue weighted by atomic mass is 9.45. The lowest BCUT2D eigenvalue weighted by molar-refractivity contribution is -0.167. The van der Waals surface area contributed by atoms with Gasteiger partial charge in [0.05, 0.1) is 0 Å². The first-order valence-electron chi connectivity index (χ1n) is 12.1. The van der Waals surface area contributed by atoms with Gasteiger partial charge in [-0.05, 0) is 85.9 Å². The number of esters is 2. The predicted molar refractivity (Wildman–Crippen MR) is 112 cm³/mol. The van der Waals surface area contributed by atoms with Crippen LogP contribution < -0.4 is 0 Å². The van der Waals surface area contributed by atoms with Crippen molar-refractivity contribution in [3.05, 3.63) is 0 Å². The molecule has 0 aromatic rings. The van der Waals surface area contributed by atoms with Crippen LogP contribution in [-0.4, -0.2) is 24.6 Å². The quantitative estimate of drug-likeness (QED) is 0.578. The smallest absolute Gasteiger partial charge is 0.303 e. The van der Waals surface area contributed by atoms with Gasteiger partial charge in [-0.25, -0.2) is 0 Å². The van der Waals surface area contributed by atoms with E-state index in [4.69, 9.17) is 9.47 Å². The van der Waals surface area contributed by atoms with Crippen molar-refractivity contribution < 1.29 is 19.1 Å². The van der Waals surface area contributed by atoms with Crippen LogP contribution >= 0.6 is 0 Å². The standard InChI is InChI=1S/C25H40O4/c1-16(26)28-15-23(29-17(2)27)22-11-10-20-19-9-8-18-7-5-6-13-24(18,3)21(19)12-14-25(20,22)4/h18-23H,5-15H2,1-4H3/t18-,19-,20-,21-,22+,23+,24+,25+/m1/s1. The topological polar surface area (TPSA) is 52.6 Å². The van der Waals surface area contributed by atoms with Gasteiger partial charge in [0.15, 0.2) is 0 Å². The van der Waals surface area contributed by atoms with Crippen molar-refractivity contribution in [3.63, 3.8) is 0 Å². The summed E-state index contributed by atoms with van der Waals surface area (Å²) in [7, 11) is 0. The van der Waals surface area contributed by atoms with E-state index in [-0.39, 0.29) is 30.1 Å². The summed E-state index contributed by atoms with van der Waals surface area (Å²) < 4.78 is 11.0. The third-order valence-electron chi connectivity index (χ3n) is 9.87. The average molecular weight is 405 g/mol. The van der Waals surface area contributed by atoms with Crippen molar-refractivity contribution in [3.8, 4) is 0 Å². The van der Waals surface area contributed by atoms with Crippen molar-refractivity contribution in [2.75, 3.05) is 6.61 Å². The second-order valence-electron chi connectivity index (χ2n) is 11.1. The minimum Gasteiger partial charge on any atom is -0.462 e. The number of rotatable bonds is 4. The molecule has 0 heterocycles. The van der Waals surface area contributed by atoms with Gasteiger partial charge in [-0.1, -0.05) is 26.7 Å². The first-order chi connectivity index (χ1) is 13.8. The Labute approximate surface area is 176 Å². The molecule has 0 radical (unpaired) electrons. The Balaban J connectivity index is 1.55. The van der Waals surface area contributed by atoms with Gasteiger partial charge in [-0.15, -0.1) is 0 Å². The van der Waals surface area contributed by atoms with E-state index in [2.05, 4.69) is 13.8 Å². The van der Waals surface area contributed by atoms with Gasteiger partial charge < -0.3 is 9.47 Å². The molecule has 0 unspecified atom stereocenters. The summed E-state index contributed by atoms with van der Waals surface area (Å²) in [6.45, 7) is 8.17. The van der Waals surface area contributed by atoms with Crippen LogP contribution in [0.4, 0.5) is 0 Å². The van der Waals surface area contributed by atoms with E-state index in [9.17, 15) is 9.59 Å². The van der Waals surface area contributed by atoms with Crippen LogP contribution in [0.5, 0.6) is 0 Å². The average Bonchev–Trinajstić information content (AvgIpc) is 3.01. The molecular formula is C25H40O4. The molecule has 4 rings (SSSR count). The van der Waals surface area contributed by atoms with Gasteiger partial charge in [0.2, 0.25) is 0 Å². The zero-order valence-corrected chi connectivity index (χ0v) is 18.9. The second-order valence-corrected chi connectivity index (χ2v) is 11.1. The number of hydrogen-bond acceptors (Lipinski definition) is 4. The molecule has 0 aromatic carbocycles. The molecule has 4 aliphatic carbocycles. The highest BCUT2D eigenvalue weighted by Crippen LogP contribution is 2.67. The minimum atomic E-state index is -0.301. The molecule has 0 aliphatic heterocycles. The van der Waals surface area contributed by atoms with Gasteiger partial charge >= 0.3 is 11.9 Å². The van der Waals surface area contributed by atoms with Crippen LogP contribution in [0.25, 0.3) is 0 Å². The molecule has 0 saturated heterocycles. The van der Waals surface area contributed by atoms with Crippen molar-refractivity contribution in [1.82, 2.24) is 0 Å². The third kappa shape index (κ3) is 3.63. The summed E-state index contributed by atoms with van der Waals surface area (Å²) in [5, 5.41) is 0. The molecule has 0 aromatic heterocycles. The van der Waals surface area contributed by atoms with Crippen LogP contribution in [0, 0.1) is 40.4 Å². The van der Waals surface area contributed by atoms with Crippen molar-refractivity contribution in [2.45, 2.75) is 98.0 Å². The summed E-state index contributed by atoms with van der Waals surface area (Å²) in [5.41, 5.74) is 0.743. The molecule has 4 saturated carbocycles. The Morgan fingerprint density at radius 1 is 0.862 bits per heavy atom. The minimum absolute atomic E-state index is 0.194. The highest BCUT2D eigenvalue weighted by atomic mass is 16.6. The molecule has 0 N–H and O–H groups in total. The van der Waals surface area contributed by atoms with Crippen LogP contribution in [0.3, 0.4) is 0 Å². The van der Waals surface area contributed by atoms with E-state index in [1.54, 1.807) is 0 Å². The van der Waals surface area contributed by atoms with Gasteiger partial charge in [0, 0.05) is 19.8 Å². The fourth-order valence-corrected chi connectivity index (χ4v) is 8.59. The number of carbonyl (C=O) groups is 2. The van der Waals surface area contributed by atoms with E-state index in [0.29, 0.717) is 11.3 Å². The van der Waals surface area contributed by atoms with Crippen molar-refractivity contribution >= 4 is 11.9 Å². The highest BCUT2D eigenvalue weighted by molar-refractivity contribution is 5.67. The Bertz CT molecular complexity index is 645. The zero-order chi connectivity index (χ0) is 20.8. The van der Waals surface area contributed by atoms with Crippen LogP contribution in [0.15, 0.2) is 0 Å². The molecule has 164 valence electrons. The number of ether oxygens (including phenoxy) is 2. The zero-order valence-electron chi connectivity index (χ0n) is 18.9. The normalized spacial score (nSPS) is 44.8. The highest BCUT2D eigenvalue weighted by Gasteiger charge is 2.61. The molecule has 4 fully saturated rings. The largest absolute Gasteiger partial charge is 0.462 e. The molecule has 8 atom stereocenters. The number of hydrogen-bond donors (Lipinski definition) is 0. The van der Waals surface area contributed by atoms with E-state index in [1.165, 1.54) is 71.6 Å².